The van der Waals surface area contributed by atoms with Crippen molar-refractivity contribution in [3.05, 3.63) is 16.7 Å². The van der Waals surface area contributed by atoms with Crippen LogP contribution in [0.5, 0.6) is 0 Å². The summed E-state index contributed by atoms with van der Waals surface area (Å²) < 4.78 is 52.9. The summed E-state index contributed by atoms with van der Waals surface area (Å²) in [6, 6.07) is 0. The molecule has 2 aromatic rings. The molecule has 33 heavy (non-hydrogen) atoms. The fourth-order valence-electron chi connectivity index (χ4n) is 3.01. The molecule has 3 heterocycles. The number of nitrogens with two attached hydrogens (primary N) is 1. The molecule has 0 bridgehead atoms. The van der Waals surface area contributed by atoms with Gasteiger partial charge in [-0.05, 0) is 0 Å². The maximum atomic E-state index is 12.1. The molecule has 186 valence electrons. The van der Waals surface area contributed by atoms with Crippen LogP contribution in [0.15, 0.2) is 11.1 Å². The molecule has 3 unspecified atom stereocenters. The van der Waals surface area contributed by atoms with Crippen LogP contribution in [0.2, 0.25) is 0 Å². The standard InChI is InChI=1S/C11H18N5O14P3/c1-15-3-16(8-5(15)9(19)14-11(12)13-8)10-7(18)6(17)4(28-10)2-27-32(23,24)30-33(25,26)29-31(20,21)22/h3-4,6-7,10,17-18H,2H2,1H3,(H6-,12,13,14,19,20,21,22,23,24,25,26)/t4-,6-,7-,10?/m1/s1. The topological polar surface area (TPSA) is 293 Å². The Morgan fingerprint density at radius 2 is 1.91 bits per heavy atom. The lowest BCUT2D eigenvalue weighted by Gasteiger charge is -2.24. The smallest absolute Gasteiger partial charge is 0.478 e. The Bertz CT molecular complexity index is 1260. The summed E-state index contributed by atoms with van der Waals surface area (Å²) in [4.78, 5) is 56.1. The normalized spacial score (nSPS) is 27.5. The Kier molecular flexibility index (Phi) is 7.03. The number of imidazole rings is 1. The fourth-order valence-corrected chi connectivity index (χ4v) is 5.98. The fraction of sp³-hybridized carbons (Fsp3) is 0.545. The Labute approximate surface area is 182 Å². The number of aryl methyl sites for hydroxylation is 1. The molecule has 1 aliphatic heterocycles. The molecule has 0 amide bonds. The van der Waals surface area contributed by atoms with Gasteiger partial charge in [0.2, 0.25) is 11.7 Å². The van der Waals surface area contributed by atoms with E-state index in [1.807, 2.05) is 0 Å². The van der Waals surface area contributed by atoms with Crippen LogP contribution in [-0.4, -0.2) is 64.3 Å². The number of nitrogen functional groups attached to an aromatic ring is 1. The van der Waals surface area contributed by atoms with Gasteiger partial charge in [0.05, 0.1) is 13.7 Å². The molecule has 0 spiro atoms. The minimum atomic E-state index is -5.98. The zero-order valence-corrected chi connectivity index (χ0v) is 18.9. The third-order valence-electron chi connectivity index (χ3n) is 4.21. The Hall–Kier alpha value is -1.56. The molecule has 0 radical (unpaired) electrons. The van der Waals surface area contributed by atoms with E-state index in [-0.39, 0.29) is 17.1 Å². The van der Waals surface area contributed by atoms with Crippen LogP contribution in [-0.2, 0) is 38.6 Å². The molecule has 0 saturated carbocycles. The summed E-state index contributed by atoms with van der Waals surface area (Å²) in [5.74, 6) is -0.252. The number of hydrogen-bond donors (Lipinski definition) is 7. The zero-order chi connectivity index (χ0) is 24.9. The number of H-pyrrole nitrogens is 1. The highest BCUT2D eigenvalue weighted by Gasteiger charge is 2.48. The monoisotopic (exact) mass is 537 g/mol. The van der Waals surface area contributed by atoms with Crippen LogP contribution in [0.25, 0.3) is 11.2 Å². The quantitative estimate of drug-likeness (QED) is 0.127. The lowest BCUT2D eigenvalue weighted by Crippen LogP contribution is -2.46. The maximum absolute atomic E-state index is 12.1. The highest BCUT2D eigenvalue weighted by molar-refractivity contribution is 7.65. The molecule has 1 saturated heterocycles. The number of anilines is 1. The van der Waals surface area contributed by atoms with Crippen molar-refractivity contribution in [2.45, 2.75) is 24.5 Å². The van der Waals surface area contributed by atoms with Crippen LogP contribution in [0, 0.1) is 0 Å². The van der Waals surface area contributed by atoms with E-state index in [2.05, 4.69) is 23.1 Å². The van der Waals surface area contributed by atoms with Gasteiger partial charge in [0, 0.05) is 0 Å². The number of phosphoric ester groups is 1. The van der Waals surface area contributed by atoms with Crippen molar-refractivity contribution in [1.29, 1.82) is 0 Å². The van der Waals surface area contributed by atoms with Gasteiger partial charge in [0.25, 0.3) is 19.3 Å². The third kappa shape index (κ3) is 5.93. The molecule has 3 rings (SSSR count). The van der Waals surface area contributed by atoms with Crippen LogP contribution in [0.1, 0.15) is 6.23 Å². The van der Waals surface area contributed by atoms with Crippen molar-refractivity contribution in [3.63, 3.8) is 0 Å². The lowest BCUT2D eigenvalue weighted by atomic mass is 10.1. The molecule has 1 fully saturated rings. The van der Waals surface area contributed by atoms with Crippen molar-refractivity contribution in [2.24, 2.45) is 7.05 Å². The summed E-state index contributed by atoms with van der Waals surface area (Å²) in [6.07, 6.45) is -5.07. The molecule has 6 atom stereocenters. The van der Waals surface area contributed by atoms with Crippen LogP contribution in [0.4, 0.5) is 5.95 Å². The Balaban J connectivity index is 1.76. The van der Waals surface area contributed by atoms with Gasteiger partial charge in [-0.15, -0.1) is 0 Å². The number of aromatic nitrogens is 4. The highest BCUT2D eigenvalue weighted by atomic mass is 31.3. The first-order chi connectivity index (χ1) is 15.0. The first-order valence-corrected chi connectivity index (χ1v) is 13.0. The Morgan fingerprint density at radius 1 is 1.27 bits per heavy atom. The van der Waals surface area contributed by atoms with Gasteiger partial charge in [0.1, 0.15) is 18.3 Å². The van der Waals surface area contributed by atoms with Gasteiger partial charge < -0.3 is 40.3 Å². The van der Waals surface area contributed by atoms with E-state index < -0.39 is 60.2 Å². The van der Waals surface area contributed by atoms with Gasteiger partial charge in [-0.25, -0.2) is 22.3 Å². The van der Waals surface area contributed by atoms with Gasteiger partial charge >= 0.3 is 21.3 Å². The number of ether oxygens (including phenoxy) is 1. The second-order valence-electron chi connectivity index (χ2n) is 6.67. The van der Waals surface area contributed by atoms with Crippen molar-refractivity contribution < 1.29 is 65.9 Å². The van der Waals surface area contributed by atoms with E-state index in [4.69, 9.17) is 20.3 Å². The zero-order valence-electron chi connectivity index (χ0n) is 16.3. The van der Waals surface area contributed by atoms with E-state index in [1.54, 1.807) is 0 Å². The summed E-state index contributed by atoms with van der Waals surface area (Å²) in [5, 5.41) is 20.6. The average molecular weight is 537 g/mol. The van der Waals surface area contributed by atoms with E-state index in [1.165, 1.54) is 17.9 Å². The average Bonchev–Trinajstić information content (AvgIpc) is 3.07. The number of nitrogens with one attached hydrogen (secondary N) is 1. The molecule has 0 aliphatic carbocycles. The largest absolute Gasteiger partial charge is 0.756 e. The number of rotatable bonds is 8. The molecule has 1 aliphatic rings. The predicted octanol–water partition coefficient (Wildman–Crippen LogP) is -3.54. The molecule has 2 aromatic heterocycles. The molecule has 0 aromatic carbocycles. The number of nitrogens with zero attached hydrogens (tertiary/aromatic N) is 3. The van der Waals surface area contributed by atoms with E-state index in [9.17, 15) is 38.5 Å². The third-order valence-corrected chi connectivity index (χ3v) is 7.96. The van der Waals surface area contributed by atoms with Crippen molar-refractivity contribution in [3.8, 4) is 0 Å². The van der Waals surface area contributed by atoms with Gasteiger partial charge in [-0.3, -0.25) is 23.4 Å². The number of aliphatic hydroxyl groups excluding tert-OH is 2. The molecule has 8 N–H and O–H groups in total. The lowest BCUT2D eigenvalue weighted by molar-refractivity contribution is -0.745. The van der Waals surface area contributed by atoms with Crippen molar-refractivity contribution in [2.75, 3.05) is 12.3 Å². The first-order valence-electron chi connectivity index (χ1n) is 8.54. The number of phosphoric acid groups is 3. The number of hydrogen-bond acceptors (Lipinski definition) is 13. The van der Waals surface area contributed by atoms with Gasteiger partial charge in [-0.1, -0.05) is 4.98 Å². The van der Waals surface area contributed by atoms with Crippen LogP contribution in [0.3, 0.4) is 0 Å². The van der Waals surface area contributed by atoms with E-state index >= 15 is 0 Å². The van der Waals surface area contributed by atoms with Crippen LogP contribution < -0.4 is 20.8 Å². The summed E-state index contributed by atoms with van der Waals surface area (Å²) >= 11 is 0. The second kappa shape index (κ2) is 8.90. The van der Waals surface area contributed by atoms with Crippen LogP contribution >= 0.6 is 23.5 Å². The number of fused-ring (bicyclic) bond motifs is 1. The minimum Gasteiger partial charge on any atom is -0.756 e. The molecular formula is C11H18N5O14P3. The minimum absolute atomic E-state index is 0.0328. The van der Waals surface area contributed by atoms with Gasteiger partial charge in [0.15, 0.2) is 6.33 Å². The number of aromatic amines is 1. The van der Waals surface area contributed by atoms with E-state index in [0.717, 1.165) is 4.57 Å². The predicted molar refractivity (Wildman–Crippen MR) is 99.5 cm³/mol. The highest BCUT2D eigenvalue weighted by Crippen LogP contribution is 2.64. The number of aliphatic hydroxyl groups is 2. The van der Waals surface area contributed by atoms with Gasteiger partial charge in [-0.2, -0.15) is 0 Å². The SMILES string of the molecule is Cn1c[n+](C2O[C@H](COP(=O)(O)OP(=O)([O-])OP(=O)(O)O)[C@@H](O)[C@H]2O)c2nc(N)[nH]c(=O)c21. The van der Waals surface area contributed by atoms with Crippen molar-refractivity contribution in [1.82, 2.24) is 14.5 Å². The summed E-state index contributed by atoms with van der Waals surface area (Å²) in [6.45, 7) is -1.03. The molecule has 22 heteroatoms. The molecular weight excluding hydrogens is 519 g/mol. The van der Waals surface area contributed by atoms with E-state index in [0.29, 0.717) is 0 Å². The Morgan fingerprint density at radius 3 is 2.52 bits per heavy atom. The molecule has 19 nitrogen and oxygen atoms in total. The second-order valence-corrected chi connectivity index (χ2v) is 11.0. The maximum Gasteiger partial charge on any atom is 0.478 e. The summed E-state index contributed by atoms with van der Waals surface area (Å²) in [5.41, 5.74) is 4.93. The first kappa shape index (κ1) is 26.1. The summed E-state index contributed by atoms with van der Waals surface area (Å²) in [7, 11) is -15.7. The van der Waals surface area contributed by atoms with Crippen molar-refractivity contribution >= 4 is 40.6 Å².